The van der Waals surface area contributed by atoms with Crippen LogP contribution in [0.15, 0.2) is 24.3 Å². The number of hydrogen-bond acceptors (Lipinski definition) is 4. The molecule has 0 N–H and O–H groups in total. The monoisotopic (exact) mass is 376 g/mol. The number of ether oxygens (including phenoxy) is 2. The molecule has 0 radical (unpaired) electrons. The van der Waals surface area contributed by atoms with E-state index in [9.17, 15) is 14.0 Å². The van der Waals surface area contributed by atoms with Crippen LogP contribution in [0.1, 0.15) is 42.5 Å². The third-order valence-corrected chi connectivity index (χ3v) is 5.83. The van der Waals surface area contributed by atoms with Crippen LogP contribution in [0.25, 0.3) is 0 Å². The molecule has 146 valence electrons. The summed E-state index contributed by atoms with van der Waals surface area (Å²) in [5.41, 5.74) is -0.808. The fraction of sp³-hybridized carbons (Fsp3) is 0.600. The summed E-state index contributed by atoms with van der Waals surface area (Å²) in [6, 6.07) is 5.23. The molecule has 6 nitrogen and oxygen atoms in total. The molecule has 1 unspecified atom stereocenters. The molecule has 3 fully saturated rings. The Morgan fingerprint density at radius 1 is 1.07 bits per heavy atom. The molecule has 1 aliphatic carbocycles. The van der Waals surface area contributed by atoms with Gasteiger partial charge in [0.1, 0.15) is 17.6 Å². The lowest BCUT2D eigenvalue weighted by Crippen LogP contribution is -2.58. The van der Waals surface area contributed by atoms with Gasteiger partial charge in [-0.05, 0) is 37.8 Å². The Balaban J connectivity index is 1.67. The van der Waals surface area contributed by atoms with E-state index in [2.05, 4.69) is 0 Å². The maximum absolute atomic E-state index is 14.3. The highest BCUT2D eigenvalue weighted by molar-refractivity contribution is 5.98. The maximum Gasteiger partial charge on any atom is 0.259 e. The van der Waals surface area contributed by atoms with Crippen LogP contribution < -0.4 is 0 Å². The molecule has 2 saturated heterocycles. The Labute approximate surface area is 158 Å². The molecule has 2 heterocycles. The van der Waals surface area contributed by atoms with Crippen molar-refractivity contribution < 1.29 is 23.5 Å². The van der Waals surface area contributed by atoms with Gasteiger partial charge in [-0.3, -0.25) is 14.5 Å². The third kappa shape index (κ3) is 3.34. The van der Waals surface area contributed by atoms with Gasteiger partial charge in [0.25, 0.3) is 5.91 Å². The minimum atomic E-state index is -0.801. The molecule has 1 saturated carbocycles. The van der Waals surface area contributed by atoms with Gasteiger partial charge in [-0.1, -0.05) is 18.6 Å². The summed E-state index contributed by atoms with van der Waals surface area (Å²) in [6.07, 6.45) is 4.30. The van der Waals surface area contributed by atoms with Crippen molar-refractivity contribution >= 4 is 11.8 Å². The highest BCUT2D eigenvalue weighted by Gasteiger charge is 2.54. The summed E-state index contributed by atoms with van der Waals surface area (Å²) in [5.74, 6) is -1.16. The minimum absolute atomic E-state index is 0.00674. The van der Waals surface area contributed by atoms with Crippen molar-refractivity contribution in [2.24, 2.45) is 0 Å². The van der Waals surface area contributed by atoms with Crippen molar-refractivity contribution in [1.29, 1.82) is 0 Å². The van der Waals surface area contributed by atoms with Crippen molar-refractivity contribution in [3.05, 3.63) is 35.6 Å². The first-order valence-corrected chi connectivity index (χ1v) is 9.71. The number of halogens is 1. The predicted molar refractivity (Wildman–Crippen MR) is 95.5 cm³/mol. The molecule has 4 rings (SSSR count). The van der Waals surface area contributed by atoms with E-state index in [1.807, 2.05) is 0 Å². The Hall–Kier alpha value is -1.99. The van der Waals surface area contributed by atoms with Gasteiger partial charge in [-0.25, -0.2) is 4.39 Å². The number of benzene rings is 1. The molecule has 2 amide bonds. The summed E-state index contributed by atoms with van der Waals surface area (Å²) in [4.78, 5) is 29.8. The second-order valence-electron chi connectivity index (χ2n) is 7.43. The number of rotatable bonds is 2. The topological polar surface area (TPSA) is 59.1 Å². The van der Waals surface area contributed by atoms with Gasteiger partial charge in [-0.2, -0.15) is 0 Å². The Bertz CT molecular complexity index is 714. The second-order valence-corrected chi connectivity index (χ2v) is 7.43. The quantitative estimate of drug-likeness (QED) is 0.794. The average molecular weight is 376 g/mol. The van der Waals surface area contributed by atoms with E-state index in [0.717, 1.165) is 19.3 Å². The molecule has 1 spiro atoms. The van der Waals surface area contributed by atoms with Crippen LogP contribution in [0.4, 0.5) is 4.39 Å². The number of carbonyl (C=O) groups excluding carboxylic acids is 2. The maximum atomic E-state index is 14.3. The lowest BCUT2D eigenvalue weighted by molar-refractivity contribution is -0.141. The van der Waals surface area contributed by atoms with Gasteiger partial charge in [-0.15, -0.1) is 0 Å². The first-order chi connectivity index (χ1) is 13.1. The Kier molecular flexibility index (Phi) is 5.14. The number of carbonyl (C=O) groups is 2. The number of morpholine rings is 1. The van der Waals surface area contributed by atoms with Crippen molar-refractivity contribution in [3.8, 4) is 0 Å². The van der Waals surface area contributed by atoms with Crippen molar-refractivity contribution in [2.45, 2.75) is 43.9 Å². The van der Waals surface area contributed by atoms with Crippen LogP contribution in [-0.4, -0.2) is 66.3 Å². The second kappa shape index (κ2) is 7.56. The van der Waals surface area contributed by atoms with E-state index < -0.39 is 23.5 Å². The fourth-order valence-corrected chi connectivity index (χ4v) is 4.42. The van der Waals surface area contributed by atoms with Crippen molar-refractivity contribution in [1.82, 2.24) is 9.80 Å². The minimum Gasteiger partial charge on any atom is -0.378 e. The van der Waals surface area contributed by atoms with E-state index in [-0.39, 0.29) is 18.1 Å². The van der Waals surface area contributed by atoms with Crippen LogP contribution in [-0.2, 0) is 14.3 Å². The summed E-state index contributed by atoms with van der Waals surface area (Å²) < 4.78 is 25.8. The SMILES string of the molecule is O=C(C1COC2(CCCCC2)N1C(=O)c1ccccc1F)N1CCOCC1. The molecule has 0 aromatic heterocycles. The van der Waals surface area contributed by atoms with Gasteiger partial charge < -0.3 is 14.4 Å². The molecular weight excluding hydrogens is 351 g/mol. The smallest absolute Gasteiger partial charge is 0.259 e. The zero-order valence-electron chi connectivity index (χ0n) is 15.4. The van der Waals surface area contributed by atoms with Crippen LogP contribution >= 0.6 is 0 Å². The summed E-state index contributed by atoms with van der Waals surface area (Å²) >= 11 is 0. The highest BCUT2D eigenvalue weighted by Crippen LogP contribution is 2.41. The summed E-state index contributed by atoms with van der Waals surface area (Å²) in [5, 5.41) is 0. The predicted octanol–water partition coefficient (Wildman–Crippen LogP) is 2.19. The fourth-order valence-electron chi connectivity index (χ4n) is 4.42. The Morgan fingerprint density at radius 3 is 2.48 bits per heavy atom. The van der Waals surface area contributed by atoms with E-state index in [0.29, 0.717) is 39.1 Å². The number of nitrogens with zero attached hydrogens (tertiary/aromatic N) is 2. The van der Waals surface area contributed by atoms with Gasteiger partial charge >= 0.3 is 0 Å². The molecule has 7 heteroatoms. The van der Waals surface area contributed by atoms with Crippen LogP contribution in [0.3, 0.4) is 0 Å². The van der Waals surface area contributed by atoms with Gasteiger partial charge in [0, 0.05) is 13.1 Å². The summed E-state index contributed by atoms with van der Waals surface area (Å²) in [6.45, 7) is 2.15. The first-order valence-electron chi connectivity index (χ1n) is 9.71. The van der Waals surface area contributed by atoms with Crippen LogP contribution in [0.5, 0.6) is 0 Å². The van der Waals surface area contributed by atoms with Crippen LogP contribution in [0, 0.1) is 5.82 Å². The molecule has 1 atom stereocenters. The number of hydrogen-bond donors (Lipinski definition) is 0. The molecular formula is C20H25FN2O4. The lowest BCUT2D eigenvalue weighted by Gasteiger charge is -2.42. The van der Waals surface area contributed by atoms with Crippen molar-refractivity contribution in [3.63, 3.8) is 0 Å². The molecule has 3 aliphatic rings. The first kappa shape index (κ1) is 18.4. The lowest BCUT2D eigenvalue weighted by atomic mass is 9.89. The molecule has 0 bridgehead atoms. The Morgan fingerprint density at radius 2 is 1.78 bits per heavy atom. The highest BCUT2D eigenvalue weighted by atomic mass is 19.1. The van der Waals surface area contributed by atoms with Gasteiger partial charge in [0.2, 0.25) is 5.91 Å². The standard InChI is InChI=1S/C20H25FN2O4/c21-16-7-3-2-6-15(16)18(24)23-17(19(25)22-10-12-26-13-11-22)14-27-20(23)8-4-1-5-9-20/h2-3,6-7,17H,1,4-5,8-14H2. The molecule has 27 heavy (non-hydrogen) atoms. The zero-order valence-corrected chi connectivity index (χ0v) is 15.4. The van der Waals surface area contributed by atoms with E-state index in [4.69, 9.17) is 9.47 Å². The number of amides is 2. The van der Waals surface area contributed by atoms with Crippen molar-refractivity contribution in [2.75, 3.05) is 32.9 Å². The van der Waals surface area contributed by atoms with Gasteiger partial charge in [0.15, 0.2) is 0 Å². The largest absolute Gasteiger partial charge is 0.378 e. The zero-order chi connectivity index (χ0) is 18.9. The van der Waals surface area contributed by atoms with E-state index in [1.54, 1.807) is 21.9 Å². The van der Waals surface area contributed by atoms with Crippen LogP contribution in [0.2, 0.25) is 0 Å². The van der Waals surface area contributed by atoms with E-state index in [1.165, 1.54) is 12.1 Å². The molecule has 2 aliphatic heterocycles. The van der Waals surface area contributed by atoms with E-state index >= 15 is 0 Å². The third-order valence-electron chi connectivity index (χ3n) is 5.83. The average Bonchev–Trinajstić information content (AvgIpc) is 3.07. The molecule has 1 aromatic carbocycles. The normalized spacial score (nSPS) is 25.0. The molecule has 1 aromatic rings. The van der Waals surface area contributed by atoms with Gasteiger partial charge in [0.05, 0.1) is 25.4 Å². The summed E-state index contributed by atoms with van der Waals surface area (Å²) in [7, 11) is 0.